The van der Waals surface area contributed by atoms with Crippen molar-refractivity contribution >= 4 is 5.91 Å². The summed E-state index contributed by atoms with van der Waals surface area (Å²) in [7, 11) is 1.68. The summed E-state index contributed by atoms with van der Waals surface area (Å²) in [5, 5.41) is 6.66. The molecule has 3 rings (SSSR count). The molecule has 0 unspecified atom stereocenters. The lowest BCUT2D eigenvalue weighted by Gasteiger charge is -2.41. The summed E-state index contributed by atoms with van der Waals surface area (Å²) in [5.41, 5.74) is 2.53. The van der Waals surface area contributed by atoms with Gasteiger partial charge in [-0.3, -0.25) is 4.79 Å². The summed E-state index contributed by atoms with van der Waals surface area (Å²) in [6.07, 6.45) is 2.50. The highest BCUT2D eigenvalue weighted by atomic mass is 16.5. The first-order chi connectivity index (χ1) is 11.7. The van der Waals surface area contributed by atoms with Crippen molar-refractivity contribution < 1.29 is 14.3 Å². The van der Waals surface area contributed by atoms with Crippen LogP contribution < -0.4 is 10.6 Å². The monoisotopic (exact) mass is 332 g/mol. The number of fused-ring (bicyclic) bond motifs is 2. The molecule has 1 aromatic carbocycles. The summed E-state index contributed by atoms with van der Waals surface area (Å²) in [5.74, 6) is 0.0705. The molecule has 5 nitrogen and oxygen atoms in total. The molecule has 1 heterocycles. The molecule has 2 N–H and O–H groups in total. The maximum atomic E-state index is 12.1. The first-order valence-corrected chi connectivity index (χ1v) is 8.93. The largest absolute Gasteiger partial charge is 0.382 e. The van der Waals surface area contributed by atoms with E-state index in [4.69, 9.17) is 9.47 Å². The van der Waals surface area contributed by atoms with Crippen LogP contribution in [0, 0.1) is 0 Å². The van der Waals surface area contributed by atoms with Gasteiger partial charge in [0.05, 0.1) is 25.4 Å². The minimum absolute atomic E-state index is 0.0265. The van der Waals surface area contributed by atoms with Gasteiger partial charge in [0.1, 0.15) is 0 Å². The Bertz CT molecular complexity index is 569. The molecule has 0 radical (unpaired) electrons. The zero-order valence-corrected chi connectivity index (χ0v) is 14.6. The summed E-state index contributed by atoms with van der Waals surface area (Å²) in [6.45, 7) is 4.95. The van der Waals surface area contributed by atoms with Crippen LogP contribution in [-0.4, -0.2) is 45.4 Å². The molecule has 132 valence electrons. The number of ether oxygens (including phenoxy) is 2. The summed E-state index contributed by atoms with van der Waals surface area (Å²) in [6, 6.07) is 8.42. The summed E-state index contributed by atoms with van der Waals surface area (Å²) < 4.78 is 11.5. The van der Waals surface area contributed by atoms with Gasteiger partial charge in [-0.25, -0.2) is 0 Å². The minimum Gasteiger partial charge on any atom is -0.382 e. The van der Waals surface area contributed by atoms with Crippen molar-refractivity contribution in [3.63, 3.8) is 0 Å². The topological polar surface area (TPSA) is 59.6 Å². The first kappa shape index (κ1) is 17.4. The van der Waals surface area contributed by atoms with E-state index in [0.717, 1.165) is 25.9 Å². The molecule has 2 aliphatic rings. The van der Waals surface area contributed by atoms with Gasteiger partial charge in [-0.05, 0) is 37.1 Å². The zero-order chi connectivity index (χ0) is 17.0. The predicted octanol–water partition coefficient (Wildman–Crippen LogP) is 1.92. The van der Waals surface area contributed by atoms with Crippen LogP contribution >= 0.6 is 0 Å². The van der Waals surface area contributed by atoms with E-state index in [1.165, 1.54) is 11.1 Å². The van der Waals surface area contributed by atoms with E-state index in [0.29, 0.717) is 19.6 Å². The van der Waals surface area contributed by atoms with E-state index in [2.05, 4.69) is 34.9 Å². The lowest BCUT2D eigenvalue weighted by molar-refractivity contribution is -0.123. The molecule has 2 atom stereocenters. The molecule has 0 aromatic heterocycles. The molecule has 1 aliphatic carbocycles. The Morgan fingerprint density at radius 2 is 2.04 bits per heavy atom. The first-order valence-electron chi connectivity index (χ1n) is 8.93. The smallest absolute Gasteiger partial charge is 0.220 e. The van der Waals surface area contributed by atoms with Gasteiger partial charge in [0.25, 0.3) is 0 Å². The van der Waals surface area contributed by atoms with E-state index < -0.39 is 0 Å². The minimum atomic E-state index is -0.0800. The number of nitrogens with one attached hydrogen (secondary N) is 2. The second-order valence-electron chi connectivity index (χ2n) is 6.68. The average Bonchev–Trinajstić information content (AvgIpc) is 2.86. The third kappa shape index (κ3) is 3.08. The molecule has 1 aliphatic heterocycles. The fraction of sp³-hybridized carbons (Fsp3) is 0.632. The number of hydrogen-bond acceptors (Lipinski definition) is 4. The predicted molar refractivity (Wildman–Crippen MR) is 93.0 cm³/mol. The molecular formula is C19H28N2O3. The molecule has 0 saturated carbocycles. The van der Waals surface area contributed by atoms with E-state index in [9.17, 15) is 4.79 Å². The number of carbonyl (C=O) groups excluding carboxylic acids is 1. The highest BCUT2D eigenvalue weighted by molar-refractivity contribution is 5.76. The fourth-order valence-electron chi connectivity index (χ4n) is 4.23. The van der Waals surface area contributed by atoms with Crippen LogP contribution in [0.4, 0.5) is 0 Å². The molecule has 0 bridgehead atoms. The zero-order valence-electron chi connectivity index (χ0n) is 14.6. The number of benzene rings is 1. The van der Waals surface area contributed by atoms with Crippen LogP contribution in [0.3, 0.4) is 0 Å². The van der Waals surface area contributed by atoms with Crippen LogP contribution in [0.2, 0.25) is 0 Å². The Morgan fingerprint density at radius 1 is 1.29 bits per heavy atom. The van der Waals surface area contributed by atoms with Gasteiger partial charge >= 0.3 is 0 Å². The molecule has 1 aromatic rings. The van der Waals surface area contributed by atoms with Crippen molar-refractivity contribution in [2.45, 2.75) is 43.7 Å². The van der Waals surface area contributed by atoms with Gasteiger partial charge in [-0.1, -0.05) is 31.2 Å². The van der Waals surface area contributed by atoms with Crippen LogP contribution in [0.25, 0.3) is 0 Å². The Balaban J connectivity index is 1.96. The van der Waals surface area contributed by atoms with Crippen LogP contribution in [0.1, 0.15) is 43.4 Å². The van der Waals surface area contributed by atoms with Crippen LogP contribution in [0.5, 0.6) is 0 Å². The van der Waals surface area contributed by atoms with Gasteiger partial charge in [-0.15, -0.1) is 0 Å². The van der Waals surface area contributed by atoms with Gasteiger partial charge in [0.15, 0.2) is 0 Å². The summed E-state index contributed by atoms with van der Waals surface area (Å²) >= 11 is 0. The van der Waals surface area contributed by atoms with Crippen molar-refractivity contribution in [2.24, 2.45) is 0 Å². The van der Waals surface area contributed by atoms with E-state index in [1.807, 2.05) is 6.92 Å². The van der Waals surface area contributed by atoms with Crippen molar-refractivity contribution in [1.82, 2.24) is 10.6 Å². The number of hydrogen-bond donors (Lipinski definition) is 2. The van der Waals surface area contributed by atoms with Gasteiger partial charge in [0, 0.05) is 18.9 Å². The van der Waals surface area contributed by atoms with E-state index >= 15 is 0 Å². The highest BCUT2D eigenvalue weighted by Crippen LogP contribution is 2.51. The number of piperidine rings is 1. The molecule has 1 spiro atoms. The molecule has 5 heteroatoms. The molecule has 1 saturated heterocycles. The van der Waals surface area contributed by atoms with Gasteiger partial charge in [-0.2, -0.15) is 0 Å². The number of rotatable bonds is 6. The summed E-state index contributed by atoms with van der Waals surface area (Å²) in [4.78, 5) is 12.1. The van der Waals surface area contributed by atoms with Crippen LogP contribution in [0.15, 0.2) is 24.3 Å². The van der Waals surface area contributed by atoms with Crippen molar-refractivity contribution in [1.29, 1.82) is 0 Å². The Hall–Kier alpha value is -1.43. The number of carbonyl (C=O) groups is 1. The second-order valence-corrected chi connectivity index (χ2v) is 6.68. The Morgan fingerprint density at radius 3 is 2.75 bits per heavy atom. The number of amides is 1. The quantitative estimate of drug-likeness (QED) is 0.782. The van der Waals surface area contributed by atoms with Gasteiger partial charge in [0.2, 0.25) is 5.91 Å². The fourth-order valence-corrected chi connectivity index (χ4v) is 4.23. The lowest BCUT2D eigenvalue weighted by Crippen LogP contribution is -2.50. The second kappa shape index (κ2) is 7.64. The van der Waals surface area contributed by atoms with Crippen molar-refractivity contribution in [3.05, 3.63) is 35.4 Å². The average molecular weight is 332 g/mol. The maximum Gasteiger partial charge on any atom is 0.220 e. The normalized spacial score (nSPS) is 24.8. The third-order valence-corrected chi connectivity index (χ3v) is 5.40. The maximum absolute atomic E-state index is 12.1. The lowest BCUT2D eigenvalue weighted by atomic mass is 9.72. The van der Waals surface area contributed by atoms with Crippen molar-refractivity contribution in [2.75, 3.05) is 33.4 Å². The van der Waals surface area contributed by atoms with E-state index in [-0.39, 0.29) is 23.5 Å². The van der Waals surface area contributed by atoms with E-state index in [1.54, 1.807) is 7.11 Å². The Kier molecular flexibility index (Phi) is 5.54. The molecule has 24 heavy (non-hydrogen) atoms. The highest BCUT2D eigenvalue weighted by Gasteiger charge is 2.53. The standard InChI is InChI=1S/C19H28N2O3/c1-3-16(22)21-17-14-6-4-5-7-15(14)19(8-10-20-11-9-19)18(17)24-13-12-23-2/h4-7,17-18,20H,3,8-13H2,1-2H3,(H,21,22)/t17-,18+/m0/s1. The number of methoxy groups -OCH3 is 1. The van der Waals surface area contributed by atoms with Crippen molar-refractivity contribution in [3.8, 4) is 0 Å². The third-order valence-electron chi connectivity index (χ3n) is 5.40. The van der Waals surface area contributed by atoms with Crippen LogP contribution in [-0.2, 0) is 19.7 Å². The van der Waals surface area contributed by atoms with Gasteiger partial charge < -0.3 is 20.1 Å². The molecule has 1 fully saturated rings. The molecular weight excluding hydrogens is 304 g/mol. The Labute approximate surface area is 144 Å². The SMILES string of the molecule is CCC(=O)N[C@H]1c2ccccc2C2(CCNCC2)[C@@H]1OCCOC. The molecule has 1 amide bonds.